The first-order valence-corrected chi connectivity index (χ1v) is 6.18. The largest absolute Gasteiger partial charge is 0.497 e. The van der Waals surface area contributed by atoms with Crippen LogP contribution in [0.15, 0.2) is 23.0 Å². The Bertz CT molecular complexity index is 635. The second-order valence-corrected chi connectivity index (χ2v) is 4.71. The van der Waals surface area contributed by atoms with Crippen LogP contribution in [0.25, 0.3) is 11.0 Å². The minimum Gasteiger partial charge on any atom is -0.497 e. The summed E-state index contributed by atoms with van der Waals surface area (Å²) in [4.78, 5) is 12.3. The van der Waals surface area contributed by atoms with Crippen molar-refractivity contribution in [1.82, 2.24) is 14.5 Å². The fraction of sp³-hybridized carbons (Fsp3) is 0.462. The van der Waals surface area contributed by atoms with E-state index in [9.17, 15) is 4.79 Å². The molecule has 2 aromatic rings. The maximum absolute atomic E-state index is 12.3. The summed E-state index contributed by atoms with van der Waals surface area (Å²) in [6.45, 7) is 1.83. The molecule has 18 heavy (non-hydrogen) atoms. The van der Waals surface area contributed by atoms with E-state index in [0.717, 1.165) is 36.3 Å². The van der Waals surface area contributed by atoms with Crippen LogP contribution in [-0.4, -0.2) is 29.3 Å². The van der Waals surface area contributed by atoms with Crippen molar-refractivity contribution in [1.29, 1.82) is 0 Å². The monoisotopic (exact) mass is 247 g/mol. The molecule has 1 saturated heterocycles. The quantitative estimate of drug-likeness (QED) is 0.857. The fourth-order valence-electron chi connectivity index (χ4n) is 2.69. The molecule has 1 atom stereocenters. The third-order valence-corrected chi connectivity index (χ3v) is 3.70. The summed E-state index contributed by atoms with van der Waals surface area (Å²) in [5.74, 6) is 0.785. The van der Waals surface area contributed by atoms with E-state index in [1.165, 1.54) is 0 Å². The van der Waals surface area contributed by atoms with Crippen LogP contribution in [0.2, 0.25) is 0 Å². The number of methoxy groups -OCH3 is 1. The number of hydrogen-bond donors (Lipinski definition) is 1. The lowest BCUT2D eigenvalue weighted by atomic mass is 10.2. The third-order valence-electron chi connectivity index (χ3n) is 3.70. The molecule has 0 aliphatic carbocycles. The SMILES string of the molecule is COc1ccc2c(c1)n(C1CCNC1)c(=O)n2C. The highest BCUT2D eigenvalue weighted by Crippen LogP contribution is 2.24. The molecule has 5 heteroatoms. The Balaban J connectivity index is 2.27. The molecule has 1 aromatic heterocycles. The van der Waals surface area contributed by atoms with Crippen LogP contribution < -0.4 is 15.7 Å². The molecule has 2 heterocycles. The first kappa shape index (κ1) is 11.3. The van der Waals surface area contributed by atoms with Crippen LogP contribution >= 0.6 is 0 Å². The number of imidazole rings is 1. The molecule has 1 aromatic carbocycles. The van der Waals surface area contributed by atoms with E-state index >= 15 is 0 Å². The molecule has 1 aliphatic heterocycles. The molecular formula is C13H17N3O2. The molecule has 0 saturated carbocycles. The average molecular weight is 247 g/mol. The molecular weight excluding hydrogens is 230 g/mol. The summed E-state index contributed by atoms with van der Waals surface area (Å²) in [5, 5.41) is 3.30. The van der Waals surface area contributed by atoms with Crippen molar-refractivity contribution in [3.63, 3.8) is 0 Å². The summed E-state index contributed by atoms with van der Waals surface area (Å²) in [6, 6.07) is 6.01. The van der Waals surface area contributed by atoms with Gasteiger partial charge >= 0.3 is 5.69 Å². The lowest BCUT2D eigenvalue weighted by molar-refractivity contribution is 0.415. The molecule has 0 radical (unpaired) electrons. The van der Waals surface area contributed by atoms with Gasteiger partial charge in [-0.1, -0.05) is 0 Å². The van der Waals surface area contributed by atoms with Gasteiger partial charge in [-0.15, -0.1) is 0 Å². The van der Waals surface area contributed by atoms with Gasteiger partial charge in [-0.3, -0.25) is 9.13 Å². The molecule has 1 unspecified atom stereocenters. The van der Waals surface area contributed by atoms with Crippen molar-refractivity contribution in [2.24, 2.45) is 7.05 Å². The average Bonchev–Trinajstić information content (AvgIpc) is 2.98. The number of ether oxygens (including phenoxy) is 1. The number of nitrogens with one attached hydrogen (secondary N) is 1. The Kier molecular flexibility index (Phi) is 2.63. The lowest BCUT2D eigenvalue weighted by Gasteiger charge is -2.10. The van der Waals surface area contributed by atoms with Gasteiger partial charge in [0.25, 0.3) is 0 Å². The van der Waals surface area contributed by atoms with Gasteiger partial charge < -0.3 is 10.1 Å². The van der Waals surface area contributed by atoms with E-state index in [4.69, 9.17) is 4.74 Å². The predicted molar refractivity (Wildman–Crippen MR) is 70.3 cm³/mol. The van der Waals surface area contributed by atoms with E-state index in [-0.39, 0.29) is 11.7 Å². The summed E-state index contributed by atoms with van der Waals surface area (Å²) < 4.78 is 8.84. The van der Waals surface area contributed by atoms with Crippen molar-refractivity contribution in [2.45, 2.75) is 12.5 Å². The first-order valence-electron chi connectivity index (χ1n) is 6.18. The van der Waals surface area contributed by atoms with E-state index in [2.05, 4.69) is 5.32 Å². The molecule has 96 valence electrons. The summed E-state index contributed by atoms with van der Waals surface area (Å²) in [7, 11) is 3.46. The third kappa shape index (κ3) is 1.54. The van der Waals surface area contributed by atoms with Crippen LogP contribution in [0, 0.1) is 0 Å². The Hall–Kier alpha value is -1.75. The molecule has 1 N–H and O–H groups in total. The Morgan fingerprint density at radius 3 is 2.89 bits per heavy atom. The maximum atomic E-state index is 12.3. The van der Waals surface area contributed by atoms with Crippen molar-refractivity contribution in [3.05, 3.63) is 28.7 Å². The van der Waals surface area contributed by atoms with Gasteiger partial charge in [-0.05, 0) is 25.1 Å². The molecule has 5 nitrogen and oxygen atoms in total. The smallest absolute Gasteiger partial charge is 0.329 e. The zero-order valence-electron chi connectivity index (χ0n) is 10.6. The zero-order chi connectivity index (χ0) is 12.7. The summed E-state index contributed by atoms with van der Waals surface area (Å²) in [6.07, 6.45) is 0.996. The minimum absolute atomic E-state index is 0.0481. The highest BCUT2D eigenvalue weighted by molar-refractivity contribution is 5.78. The number of hydrogen-bond acceptors (Lipinski definition) is 3. The lowest BCUT2D eigenvalue weighted by Crippen LogP contribution is -2.27. The molecule has 0 spiro atoms. The van der Waals surface area contributed by atoms with E-state index in [0.29, 0.717) is 0 Å². The van der Waals surface area contributed by atoms with Crippen LogP contribution in [0.1, 0.15) is 12.5 Å². The van der Waals surface area contributed by atoms with Gasteiger partial charge in [0.15, 0.2) is 0 Å². The molecule has 0 amide bonds. The van der Waals surface area contributed by atoms with Crippen LogP contribution in [-0.2, 0) is 7.05 Å². The van der Waals surface area contributed by atoms with E-state index < -0.39 is 0 Å². The number of aryl methyl sites for hydroxylation is 1. The normalized spacial score (nSPS) is 19.6. The molecule has 1 fully saturated rings. The van der Waals surface area contributed by atoms with Gasteiger partial charge in [0.05, 0.1) is 24.2 Å². The number of nitrogens with zero attached hydrogens (tertiary/aromatic N) is 2. The standard InChI is InChI=1S/C13H17N3O2/c1-15-11-4-3-10(18-2)7-12(11)16(13(15)17)9-5-6-14-8-9/h3-4,7,9,14H,5-6,8H2,1-2H3. The number of benzene rings is 1. The topological polar surface area (TPSA) is 48.2 Å². The number of rotatable bonds is 2. The molecule has 0 bridgehead atoms. The maximum Gasteiger partial charge on any atom is 0.329 e. The Morgan fingerprint density at radius 1 is 1.39 bits per heavy atom. The van der Waals surface area contributed by atoms with Gasteiger partial charge in [0.1, 0.15) is 5.75 Å². The Morgan fingerprint density at radius 2 is 2.22 bits per heavy atom. The molecule has 3 rings (SSSR count). The van der Waals surface area contributed by atoms with E-state index in [1.54, 1.807) is 11.7 Å². The highest BCUT2D eigenvalue weighted by Gasteiger charge is 2.22. The second-order valence-electron chi connectivity index (χ2n) is 4.71. The van der Waals surface area contributed by atoms with Gasteiger partial charge in [-0.25, -0.2) is 4.79 Å². The molecule has 1 aliphatic rings. The van der Waals surface area contributed by atoms with Crippen LogP contribution in [0.3, 0.4) is 0 Å². The highest BCUT2D eigenvalue weighted by atomic mass is 16.5. The van der Waals surface area contributed by atoms with Gasteiger partial charge in [0.2, 0.25) is 0 Å². The van der Waals surface area contributed by atoms with Crippen molar-refractivity contribution in [2.75, 3.05) is 20.2 Å². The van der Waals surface area contributed by atoms with Crippen molar-refractivity contribution >= 4 is 11.0 Å². The van der Waals surface area contributed by atoms with Crippen molar-refractivity contribution in [3.8, 4) is 5.75 Å². The first-order chi connectivity index (χ1) is 8.72. The van der Waals surface area contributed by atoms with E-state index in [1.807, 2.05) is 29.8 Å². The zero-order valence-corrected chi connectivity index (χ0v) is 10.6. The van der Waals surface area contributed by atoms with Gasteiger partial charge in [-0.2, -0.15) is 0 Å². The number of aromatic nitrogens is 2. The van der Waals surface area contributed by atoms with Gasteiger partial charge in [0, 0.05) is 19.7 Å². The fourth-order valence-corrected chi connectivity index (χ4v) is 2.69. The Labute approximate surface area is 105 Å². The van der Waals surface area contributed by atoms with Crippen LogP contribution in [0.4, 0.5) is 0 Å². The minimum atomic E-state index is 0.0481. The summed E-state index contributed by atoms with van der Waals surface area (Å²) in [5.41, 5.74) is 1.95. The number of fused-ring (bicyclic) bond motifs is 1. The second kappa shape index (κ2) is 4.17. The predicted octanol–water partition coefficient (Wildman–Crippen LogP) is 0.883. The summed E-state index contributed by atoms with van der Waals surface area (Å²) >= 11 is 0. The van der Waals surface area contributed by atoms with Crippen molar-refractivity contribution < 1.29 is 4.74 Å². The van der Waals surface area contributed by atoms with Crippen LogP contribution in [0.5, 0.6) is 5.75 Å².